The number of fused-ring (bicyclic) bond motifs is 1. The van der Waals surface area contributed by atoms with Crippen LogP contribution in [0.3, 0.4) is 0 Å². The molecule has 1 heterocycles. The van der Waals surface area contributed by atoms with Gasteiger partial charge in [0.15, 0.2) is 0 Å². The number of carbonyl (C=O) groups excluding carboxylic acids is 1. The number of hydrogen-bond donors (Lipinski definition) is 0. The highest BCUT2D eigenvalue weighted by atomic mass is 19.4. The largest absolute Gasteiger partial charge is 0.493 e. The predicted octanol–water partition coefficient (Wildman–Crippen LogP) is 7.99. The van der Waals surface area contributed by atoms with E-state index in [1.54, 1.807) is 30.3 Å². The third kappa shape index (κ3) is 7.13. The lowest BCUT2D eigenvalue weighted by Gasteiger charge is -2.23. The van der Waals surface area contributed by atoms with Crippen molar-refractivity contribution in [3.63, 3.8) is 0 Å². The third-order valence-corrected chi connectivity index (χ3v) is 5.62. The van der Waals surface area contributed by atoms with E-state index < -0.39 is 23.1 Å². The summed E-state index contributed by atoms with van der Waals surface area (Å²) in [7, 11) is 0. The van der Waals surface area contributed by atoms with Gasteiger partial charge in [0.25, 0.3) is 0 Å². The zero-order valence-corrected chi connectivity index (χ0v) is 20.3. The molecule has 35 heavy (non-hydrogen) atoms. The fourth-order valence-electron chi connectivity index (χ4n) is 3.66. The Morgan fingerprint density at radius 1 is 1.06 bits per heavy atom. The van der Waals surface area contributed by atoms with Crippen molar-refractivity contribution in [1.82, 2.24) is 0 Å². The third-order valence-electron chi connectivity index (χ3n) is 5.62. The summed E-state index contributed by atoms with van der Waals surface area (Å²) in [6.07, 6.45) is 0.0617. The second-order valence-electron chi connectivity index (χ2n) is 9.41. The van der Waals surface area contributed by atoms with Crippen LogP contribution in [0.25, 0.3) is 22.3 Å². The number of esters is 1. The summed E-state index contributed by atoms with van der Waals surface area (Å²) < 4.78 is 58.4. The van der Waals surface area contributed by atoms with Gasteiger partial charge in [0.2, 0.25) is 0 Å². The van der Waals surface area contributed by atoms with Gasteiger partial charge in [-0.2, -0.15) is 13.2 Å². The van der Waals surface area contributed by atoms with Gasteiger partial charge < -0.3 is 13.9 Å². The molecule has 0 bridgehead atoms. The quantitative estimate of drug-likeness (QED) is 0.156. The maximum Gasteiger partial charge on any atom is 0.417 e. The van der Waals surface area contributed by atoms with Crippen LogP contribution < -0.4 is 4.74 Å². The molecule has 0 N–H and O–H groups in total. The van der Waals surface area contributed by atoms with E-state index in [4.69, 9.17) is 13.9 Å². The van der Waals surface area contributed by atoms with Gasteiger partial charge in [0, 0.05) is 28.5 Å². The fraction of sp³-hybridized carbons (Fsp3) is 0.393. The molecule has 0 amide bonds. The minimum atomic E-state index is -4.50. The van der Waals surface area contributed by atoms with Gasteiger partial charge >= 0.3 is 12.1 Å². The molecule has 1 aromatic heterocycles. The van der Waals surface area contributed by atoms with Crippen LogP contribution in [0.4, 0.5) is 13.2 Å². The first-order valence-electron chi connectivity index (χ1n) is 11.7. The summed E-state index contributed by atoms with van der Waals surface area (Å²) >= 11 is 0. The van der Waals surface area contributed by atoms with Crippen LogP contribution in [0.1, 0.15) is 51.2 Å². The highest BCUT2D eigenvalue weighted by Gasteiger charge is 2.35. The van der Waals surface area contributed by atoms with Crippen molar-refractivity contribution >= 4 is 16.9 Å². The van der Waals surface area contributed by atoms with E-state index in [1.165, 1.54) is 12.1 Å². The van der Waals surface area contributed by atoms with Crippen LogP contribution >= 0.6 is 0 Å². The zero-order valence-electron chi connectivity index (χ0n) is 20.3. The molecule has 0 radical (unpaired) electrons. The molecule has 0 spiro atoms. The van der Waals surface area contributed by atoms with E-state index in [9.17, 15) is 18.0 Å². The normalized spacial score (nSPS) is 12.1. The summed E-state index contributed by atoms with van der Waals surface area (Å²) in [5, 5.41) is 0.673. The molecule has 0 saturated carbocycles. The van der Waals surface area contributed by atoms with E-state index in [0.29, 0.717) is 28.7 Å². The zero-order chi connectivity index (χ0) is 25.6. The van der Waals surface area contributed by atoms with Crippen LogP contribution in [0.15, 0.2) is 59.5 Å². The van der Waals surface area contributed by atoms with Gasteiger partial charge in [-0.05, 0) is 42.7 Å². The Kier molecular flexibility index (Phi) is 8.30. The van der Waals surface area contributed by atoms with Crippen molar-refractivity contribution in [2.75, 3.05) is 13.2 Å². The molecule has 3 rings (SSSR count). The average Bonchev–Trinajstić information content (AvgIpc) is 3.24. The van der Waals surface area contributed by atoms with Crippen LogP contribution in [-0.4, -0.2) is 19.2 Å². The first kappa shape index (κ1) is 26.4. The second kappa shape index (κ2) is 11.0. The summed E-state index contributed by atoms with van der Waals surface area (Å²) in [5.74, 6) is 0.153. The molecule has 0 aliphatic rings. The standard InChI is InChI=1S/C28H31F3O4/c1-5-7-8-9-19-10-13-22(23(14-19)28(29,30)31)25-15-20-11-12-21(16-24(20)35-25)33-17-27(3,4)18-34-26(32)6-2/h6,10-16H,2,5,7-9,17-18H2,1,3-4H3. The van der Waals surface area contributed by atoms with Gasteiger partial charge in [0.05, 0.1) is 18.8 Å². The molecule has 0 unspecified atom stereocenters. The van der Waals surface area contributed by atoms with E-state index in [0.717, 1.165) is 25.3 Å². The van der Waals surface area contributed by atoms with Crippen molar-refractivity contribution in [3.8, 4) is 17.1 Å². The lowest BCUT2D eigenvalue weighted by Crippen LogP contribution is -2.28. The van der Waals surface area contributed by atoms with Crippen molar-refractivity contribution in [1.29, 1.82) is 0 Å². The summed E-state index contributed by atoms with van der Waals surface area (Å²) in [6.45, 7) is 9.61. The number of rotatable bonds is 11. The highest BCUT2D eigenvalue weighted by molar-refractivity contribution is 5.84. The van der Waals surface area contributed by atoms with Crippen molar-refractivity contribution in [3.05, 3.63) is 66.2 Å². The molecule has 4 nitrogen and oxygen atoms in total. The molecule has 0 fully saturated rings. The SMILES string of the molecule is C=CC(=O)OCC(C)(C)COc1ccc2cc(-c3ccc(CCCCC)cc3C(F)(F)F)oc2c1. The molecule has 3 aromatic rings. The molecular weight excluding hydrogens is 457 g/mol. The Bertz CT molecular complexity index is 1170. The summed E-state index contributed by atoms with van der Waals surface area (Å²) in [5.41, 5.74) is -0.0442. The monoisotopic (exact) mass is 488 g/mol. The predicted molar refractivity (Wildman–Crippen MR) is 130 cm³/mol. The maximum atomic E-state index is 13.9. The molecule has 0 saturated heterocycles. The Morgan fingerprint density at radius 2 is 1.83 bits per heavy atom. The average molecular weight is 489 g/mol. The lowest BCUT2D eigenvalue weighted by molar-refractivity contribution is -0.141. The van der Waals surface area contributed by atoms with Crippen LogP contribution in [0.2, 0.25) is 0 Å². The van der Waals surface area contributed by atoms with Gasteiger partial charge in [0.1, 0.15) is 17.1 Å². The number of benzene rings is 2. The highest BCUT2D eigenvalue weighted by Crippen LogP contribution is 2.40. The Labute approximate surface area is 203 Å². The smallest absolute Gasteiger partial charge is 0.417 e. The Balaban J connectivity index is 1.81. The van der Waals surface area contributed by atoms with E-state index >= 15 is 0 Å². The maximum absolute atomic E-state index is 13.9. The molecule has 7 heteroatoms. The van der Waals surface area contributed by atoms with E-state index in [1.807, 2.05) is 13.8 Å². The molecule has 0 aliphatic heterocycles. The van der Waals surface area contributed by atoms with Gasteiger partial charge in [-0.15, -0.1) is 0 Å². The number of ether oxygens (including phenoxy) is 2. The Morgan fingerprint density at radius 3 is 2.51 bits per heavy atom. The minimum absolute atomic E-state index is 0.0144. The Hall–Kier alpha value is -3.22. The molecular formula is C28H31F3O4. The first-order valence-corrected chi connectivity index (χ1v) is 11.7. The van der Waals surface area contributed by atoms with Gasteiger partial charge in [-0.3, -0.25) is 0 Å². The lowest BCUT2D eigenvalue weighted by atomic mass is 9.96. The minimum Gasteiger partial charge on any atom is -0.493 e. The van der Waals surface area contributed by atoms with Crippen molar-refractivity contribution in [2.45, 2.75) is 52.6 Å². The van der Waals surface area contributed by atoms with Crippen LogP contribution in [-0.2, 0) is 22.1 Å². The molecule has 2 aromatic carbocycles. The number of furan rings is 1. The number of aryl methyl sites for hydroxylation is 1. The number of alkyl halides is 3. The van der Waals surface area contributed by atoms with Crippen LogP contribution in [0, 0.1) is 5.41 Å². The number of halogens is 3. The summed E-state index contributed by atoms with van der Waals surface area (Å²) in [4.78, 5) is 11.3. The van der Waals surface area contributed by atoms with Crippen molar-refractivity contribution < 1.29 is 31.9 Å². The second-order valence-corrected chi connectivity index (χ2v) is 9.41. The number of unbranched alkanes of at least 4 members (excludes halogenated alkanes) is 2. The summed E-state index contributed by atoms with van der Waals surface area (Å²) in [6, 6.07) is 11.2. The van der Waals surface area contributed by atoms with Crippen molar-refractivity contribution in [2.24, 2.45) is 5.41 Å². The van der Waals surface area contributed by atoms with E-state index in [-0.39, 0.29) is 24.5 Å². The first-order chi connectivity index (χ1) is 16.5. The van der Waals surface area contributed by atoms with E-state index in [2.05, 4.69) is 13.5 Å². The molecule has 0 atom stereocenters. The van der Waals surface area contributed by atoms with Crippen LogP contribution in [0.5, 0.6) is 5.75 Å². The number of hydrogen-bond acceptors (Lipinski definition) is 4. The molecule has 0 aliphatic carbocycles. The fourth-order valence-corrected chi connectivity index (χ4v) is 3.66. The topological polar surface area (TPSA) is 48.7 Å². The van der Waals surface area contributed by atoms with Gasteiger partial charge in [-0.25, -0.2) is 4.79 Å². The number of carbonyl (C=O) groups is 1. The molecule has 188 valence electrons. The van der Waals surface area contributed by atoms with Gasteiger partial charge in [-0.1, -0.05) is 52.3 Å².